The molecule has 1 saturated carbocycles. The van der Waals surface area contributed by atoms with Crippen molar-refractivity contribution >= 4 is 11.8 Å². The molecule has 1 aliphatic carbocycles. The van der Waals surface area contributed by atoms with Gasteiger partial charge in [-0.3, -0.25) is 0 Å². The monoisotopic (exact) mass is 281 g/mol. The summed E-state index contributed by atoms with van der Waals surface area (Å²) in [6, 6.07) is 0. The smallest absolute Gasteiger partial charge is 0.0995 e. The number of rotatable bonds is 8. The van der Waals surface area contributed by atoms with Crippen molar-refractivity contribution < 1.29 is 4.74 Å². The summed E-state index contributed by atoms with van der Waals surface area (Å²) >= 11 is 1.94. The molecule has 0 heterocycles. The summed E-state index contributed by atoms with van der Waals surface area (Å²) in [5, 5.41) is 0. The molecule has 0 aliphatic heterocycles. The second-order valence-corrected chi connectivity index (χ2v) is 5.97. The predicted octanol–water partition coefficient (Wildman–Crippen LogP) is 4.25. The van der Waals surface area contributed by atoms with Gasteiger partial charge in [-0.05, 0) is 37.8 Å². The van der Waals surface area contributed by atoms with Crippen molar-refractivity contribution in [3.05, 3.63) is 35.5 Å². The first kappa shape index (κ1) is 16.4. The molecule has 0 aromatic heterocycles. The van der Waals surface area contributed by atoms with E-state index in [0.717, 1.165) is 5.92 Å². The van der Waals surface area contributed by atoms with E-state index in [0.29, 0.717) is 13.2 Å². The van der Waals surface area contributed by atoms with Gasteiger partial charge in [0.1, 0.15) is 0 Å². The topological polar surface area (TPSA) is 35.2 Å². The summed E-state index contributed by atoms with van der Waals surface area (Å²) in [5.74, 6) is 2.12. The second-order valence-electron chi connectivity index (χ2n) is 4.87. The van der Waals surface area contributed by atoms with Gasteiger partial charge in [0, 0.05) is 17.2 Å². The summed E-state index contributed by atoms with van der Waals surface area (Å²) in [7, 11) is 0. The van der Waals surface area contributed by atoms with Crippen molar-refractivity contribution in [3.63, 3.8) is 0 Å². The van der Waals surface area contributed by atoms with Gasteiger partial charge in [0.25, 0.3) is 0 Å². The van der Waals surface area contributed by atoms with Gasteiger partial charge >= 0.3 is 0 Å². The highest BCUT2D eigenvalue weighted by atomic mass is 32.2. The Kier molecular flexibility index (Phi) is 9.64. The maximum Gasteiger partial charge on any atom is 0.0995 e. The number of nitrogens with two attached hydrogens (primary N) is 1. The minimum absolute atomic E-state index is 0.563. The molecule has 2 N–H and O–H groups in total. The molecule has 0 unspecified atom stereocenters. The first-order valence-electron chi connectivity index (χ1n) is 7.30. The lowest BCUT2D eigenvalue weighted by Gasteiger charge is -2.21. The summed E-state index contributed by atoms with van der Waals surface area (Å²) in [6.07, 6.45) is 17.1. The van der Waals surface area contributed by atoms with E-state index in [-0.39, 0.29) is 0 Å². The molecule has 0 spiro atoms. The third-order valence-electron chi connectivity index (χ3n) is 3.23. The van der Waals surface area contributed by atoms with Gasteiger partial charge in [0.15, 0.2) is 0 Å². The van der Waals surface area contributed by atoms with Crippen molar-refractivity contribution in [2.24, 2.45) is 11.7 Å². The van der Waals surface area contributed by atoms with Crippen LogP contribution in [-0.2, 0) is 4.74 Å². The highest BCUT2D eigenvalue weighted by molar-refractivity contribution is 8.03. The minimum Gasteiger partial charge on any atom is -0.500 e. The highest BCUT2D eigenvalue weighted by Gasteiger charge is 2.13. The normalized spacial score (nSPS) is 18.5. The van der Waals surface area contributed by atoms with Gasteiger partial charge in [-0.2, -0.15) is 0 Å². The maximum atomic E-state index is 5.39. The first-order chi connectivity index (χ1) is 9.36. The summed E-state index contributed by atoms with van der Waals surface area (Å²) in [6.45, 7) is 3.18. The number of thioether (sulfide) groups is 1. The highest BCUT2D eigenvalue weighted by Crippen LogP contribution is 2.29. The van der Waals surface area contributed by atoms with E-state index in [1.54, 1.807) is 6.26 Å². The molecule has 108 valence electrons. The molecule has 2 nitrogen and oxygen atoms in total. The molecule has 0 bridgehead atoms. The largest absolute Gasteiger partial charge is 0.500 e. The molecule has 1 rings (SSSR count). The molecule has 0 atom stereocenters. The predicted molar refractivity (Wildman–Crippen MR) is 86.1 cm³/mol. The van der Waals surface area contributed by atoms with Gasteiger partial charge in [0.05, 0.1) is 12.9 Å². The molecule has 3 heteroatoms. The third kappa shape index (κ3) is 8.17. The Morgan fingerprint density at radius 1 is 1.32 bits per heavy atom. The molecule has 0 aromatic carbocycles. The second kappa shape index (κ2) is 11.2. The van der Waals surface area contributed by atoms with Crippen LogP contribution in [0.1, 0.15) is 39.0 Å². The molecule has 0 aromatic rings. The van der Waals surface area contributed by atoms with E-state index in [1.165, 1.54) is 42.8 Å². The first-order valence-corrected chi connectivity index (χ1v) is 8.29. The molecule has 19 heavy (non-hydrogen) atoms. The summed E-state index contributed by atoms with van der Waals surface area (Å²) in [4.78, 5) is 1.26. The fourth-order valence-electron chi connectivity index (χ4n) is 2.16. The zero-order chi connectivity index (χ0) is 13.8. The van der Waals surface area contributed by atoms with Gasteiger partial charge in [-0.25, -0.2) is 0 Å². The molecule has 1 aliphatic rings. The van der Waals surface area contributed by atoms with E-state index in [9.17, 15) is 0 Å². The van der Waals surface area contributed by atoms with E-state index in [1.807, 2.05) is 24.8 Å². The van der Waals surface area contributed by atoms with Crippen molar-refractivity contribution in [2.75, 3.05) is 18.9 Å². The average Bonchev–Trinajstić information content (AvgIpc) is 2.46. The van der Waals surface area contributed by atoms with E-state index >= 15 is 0 Å². The van der Waals surface area contributed by atoms with Gasteiger partial charge in [-0.15, -0.1) is 11.8 Å². The Morgan fingerprint density at radius 3 is 2.79 bits per heavy atom. The van der Waals surface area contributed by atoms with Crippen LogP contribution in [0, 0.1) is 5.92 Å². The Bertz CT molecular complexity index is 304. The van der Waals surface area contributed by atoms with Crippen molar-refractivity contribution in [1.29, 1.82) is 0 Å². The zero-order valence-electron chi connectivity index (χ0n) is 12.0. The molecular weight excluding hydrogens is 254 g/mol. The average molecular weight is 281 g/mol. The lowest BCUT2D eigenvalue weighted by atomic mass is 9.91. The van der Waals surface area contributed by atoms with Crippen LogP contribution < -0.4 is 5.73 Å². The molecule has 0 saturated heterocycles. The van der Waals surface area contributed by atoms with E-state index < -0.39 is 0 Å². The molecular formula is C16H27NOS. The lowest BCUT2D eigenvalue weighted by Crippen LogP contribution is -2.08. The number of hydrogen-bond donors (Lipinski definition) is 1. The Morgan fingerprint density at radius 2 is 2.11 bits per heavy atom. The van der Waals surface area contributed by atoms with Crippen molar-refractivity contribution in [3.8, 4) is 0 Å². The van der Waals surface area contributed by atoms with Crippen LogP contribution in [0.3, 0.4) is 0 Å². The third-order valence-corrected chi connectivity index (χ3v) is 4.47. The van der Waals surface area contributed by atoms with Crippen LogP contribution in [0.2, 0.25) is 0 Å². The van der Waals surface area contributed by atoms with Gasteiger partial charge in [-0.1, -0.05) is 31.4 Å². The van der Waals surface area contributed by atoms with E-state index in [4.69, 9.17) is 10.5 Å². The van der Waals surface area contributed by atoms with Crippen LogP contribution in [0.5, 0.6) is 0 Å². The maximum absolute atomic E-state index is 5.39. The quantitative estimate of drug-likeness (QED) is 0.410. The minimum atomic E-state index is 0.563. The molecule has 0 radical (unpaired) electrons. The lowest BCUT2D eigenvalue weighted by molar-refractivity contribution is 0.259. The van der Waals surface area contributed by atoms with Gasteiger partial charge < -0.3 is 10.5 Å². The van der Waals surface area contributed by atoms with Crippen LogP contribution in [0.25, 0.3) is 0 Å². The van der Waals surface area contributed by atoms with Crippen LogP contribution in [-0.4, -0.2) is 18.9 Å². The fourth-order valence-corrected chi connectivity index (χ4v) is 3.25. The van der Waals surface area contributed by atoms with Crippen molar-refractivity contribution in [1.82, 2.24) is 0 Å². The zero-order valence-corrected chi connectivity index (χ0v) is 12.8. The van der Waals surface area contributed by atoms with Crippen LogP contribution in [0.4, 0.5) is 0 Å². The number of ether oxygens (including phenoxy) is 1. The van der Waals surface area contributed by atoms with Crippen molar-refractivity contribution in [2.45, 2.75) is 39.0 Å². The number of hydrogen-bond acceptors (Lipinski definition) is 3. The van der Waals surface area contributed by atoms with Gasteiger partial charge in [0.2, 0.25) is 0 Å². The molecule has 1 fully saturated rings. The van der Waals surface area contributed by atoms with Crippen LogP contribution in [0.15, 0.2) is 35.5 Å². The fraction of sp³-hybridized carbons (Fsp3) is 0.625. The Labute approximate surface area is 122 Å². The van der Waals surface area contributed by atoms with E-state index in [2.05, 4.69) is 18.2 Å². The summed E-state index contributed by atoms with van der Waals surface area (Å²) < 4.78 is 5.30. The van der Waals surface area contributed by atoms with Crippen LogP contribution >= 0.6 is 11.8 Å². The Balaban J connectivity index is 2.37. The number of allylic oxidation sites excluding steroid dienone is 4. The SMILES string of the molecule is C\C=C/C=C(\C=C\OCCN)SCC1CCCCC1. The Hall–Kier alpha value is -0.670. The standard InChI is InChI=1S/C16H27NOS/c1-2-3-9-16(10-12-18-13-11-17)19-14-15-7-5-4-6-8-15/h2-3,9-10,12,15H,4-8,11,13-14,17H2,1H3/b3-2-,12-10+,16-9+. The summed E-state index contributed by atoms with van der Waals surface area (Å²) in [5.41, 5.74) is 5.39. The molecule has 0 amide bonds.